The van der Waals surface area contributed by atoms with Crippen LogP contribution in [0.1, 0.15) is 12.8 Å². The van der Waals surface area contributed by atoms with E-state index in [9.17, 15) is 13.6 Å². The second kappa shape index (κ2) is 2.86. The molecule has 2 N–H and O–H groups in total. The molecule has 1 unspecified atom stereocenters. The highest BCUT2D eigenvalue weighted by Gasteiger charge is 2.50. The van der Waals surface area contributed by atoms with Gasteiger partial charge >= 0.3 is 0 Å². The van der Waals surface area contributed by atoms with Crippen LogP contribution in [-0.4, -0.2) is 19.4 Å². The molecule has 0 saturated heterocycles. The first-order valence-electron chi connectivity index (χ1n) is 2.49. The Balaban J connectivity index is 0.000000810. The zero-order chi connectivity index (χ0) is 7.07. The van der Waals surface area contributed by atoms with Crippen LogP contribution in [-0.2, 0) is 15.9 Å². The van der Waals surface area contributed by atoms with Crippen molar-refractivity contribution in [3.63, 3.8) is 0 Å². The Morgan fingerprint density at radius 2 is 2.00 bits per heavy atom. The van der Waals surface area contributed by atoms with Crippen LogP contribution < -0.4 is 5.73 Å². The molecule has 0 radical (unpaired) electrons. The highest BCUT2D eigenvalue weighted by Crippen LogP contribution is 2.40. The van der Waals surface area contributed by atoms with Gasteiger partial charge < -0.3 is 10.3 Å². The maximum atomic E-state index is 10.4. The molecule has 0 aromatic carbocycles. The number of nitrogens with two attached hydrogens (primary N) is 1. The molecule has 0 heterocycles. The number of hydrogen-bond donors (Lipinski definition) is 1. The number of carbonyl (C=O) groups is 1. The fraction of sp³-hybridized carbons (Fsp3) is 0.750. The second-order valence-electron chi connectivity index (χ2n) is 2.09. The lowest BCUT2D eigenvalue weighted by atomic mass is 10.4. The summed E-state index contributed by atoms with van der Waals surface area (Å²) >= 11 is -2.32. The van der Waals surface area contributed by atoms with E-state index in [1.807, 2.05) is 0 Å². The van der Waals surface area contributed by atoms with Crippen molar-refractivity contribution in [2.75, 3.05) is 0 Å². The Kier molecular flexibility index (Phi) is 2.82. The summed E-state index contributed by atoms with van der Waals surface area (Å²) in [5.41, 5.74) is 4.80. The predicted molar refractivity (Wildman–Crippen MR) is 37.3 cm³/mol. The predicted octanol–water partition coefficient (Wildman–Crippen LogP) is -0.695. The quantitative estimate of drug-likeness (QED) is 0.577. The molecule has 1 rings (SSSR count). The van der Waals surface area contributed by atoms with Gasteiger partial charge in [-0.3, -0.25) is 9.00 Å². The lowest BCUT2D eigenvalue weighted by Gasteiger charge is -2.12. The molecule has 1 aliphatic carbocycles. The van der Waals surface area contributed by atoms with E-state index in [-0.39, 0.29) is 12.4 Å². The van der Waals surface area contributed by atoms with Gasteiger partial charge in [0.05, 0.1) is 0 Å². The summed E-state index contributed by atoms with van der Waals surface area (Å²) in [6.07, 6.45) is 0.775. The van der Waals surface area contributed by atoms with Crippen LogP contribution in [0.15, 0.2) is 0 Å². The lowest BCUT2D eigenvalue weighted by molar-refractivity contribution is -0.118. The van der Waals surface area contributed by atoms with E-state index in [0.29, 0.717) is 12.8 Å². The largest absolute Gasteiger partial charge is 0.772 e. The smallest absolute Gasteiger partial charge is 0.235 e. The van der Waals surface area contributed by atoms with Crippen LogP contribution in [0.3, 0.4) is 0 Å². The van der Waals surface area contributed by atoms with Crippen molar-refractivity contribution < 1.29 is 13.6 Å². The summed E-state index contributed by atoms with van der Waals surface area (Å²) in [4.78, 5) is 10.4. The third-order valence-electron chi connectivity index (χ3n) is 1.47. The van der Waals surface area contributed by atoms with E-state index in [4.69, 9.17) is 5.73 Å². The number of primary amides is 1. The molecule has 0 spiro atoms. The van der Waals surface area contributed by atoms with Crippen molar-refractivity contribution in [2.45, 2.75) is 17.6 Å². The van der Waals surface area contributed by atoms with Gasteiger partial charge in [0.1, 0.15) is 4.75 Å². The van der Waals surface area contributed by atoms with Crippen molar-refractivity contribution >= 4 is 29.4 Å². The summed E-state index contributed by atoms with van der Waals surface area (Å²) in [7, 11) is 0. The third kappa shape index (κ3) is 1.31. The highest BCUT2D eigenvalue weighted by molar-refractivity contribution is 7.82. The standard InChI is InChI=1S/C4H7NO3S.ClH/c5-3(6)4(1-2-4)9(7)8;/h1-2H2,(H2,5,6)(H,7,8);1H/p-1. The summed E-state index contributed by atoms with van der Waals surface area (Å²) < 4.78 is 19.3. The molecule has 0 bridgehead atoms. The number of rotatable bonds is 2. The van der Waals surface area contributed by atoms with Crippen molar-refractivity contribution in [2.24, 2.45) is 5.73 Å². The SMILES string of the molecule is Cl.NC(=O)C1(S(=O)[O-])CC1. The number of amides is 1. The van der Waals surface area contributed by atoms with Crippen molar-refractivity contribution in [1.29, 1.82) is 0 Å². The Hall–Kier alpha value is -0.130. The van der Waals surface area contributed by atoms with Gasteiger partial charge in [0.15, 0.2) is 0 Å². The molecule has 10 heavy (non-hydrogen) atoms. The van der Waals surface area contributed by atoms with Gasteiger partial charge in [-0.2, -0.15) is 0 Å². The van der Waals surface area contributed by atoms with Gasteiger partial charge in [0.25, 0.3) is 0 Å². The summed E-state index contributed by atoms with van der Waals surface area (Å²) in [5.74, 6) is -0.726. The van der Waals surface area contributed by atoms with Crippen LogP contribution in [0, 0.1) is 0 Å². The first-order chi connectivity index (χ1) is 4.09. The molecule has 6 heteroatoms. The topological polar surface area (TPSA) is 83.2 Å². The summed E-state index contributed by atoms with van der Waals surface area (Å²) in [6, 6.07) is 0. The normalized spacial score (nSPS) is 22.5. The summed E-state index contributed by atoms with van der Waals surface area (Å²) in [6.45, 7) is 0. The zero-order valence-corrected chi connectivity index (χ0v) is 6.67. The number of halogens is 1. The van der Waals surface area contributed by atoms with E-state index in [2.05, 4.69) is 0 Å². The van der Waals surface area contributed by atoms with Gasteiger partial charge in [0, 0.05) is 0 Å². The monoisotopic (exact) mass is 184 g/mol. The molecule has 0 aliphatic heterocycles. The number of carbonyl (C=O) groups excluding carboxylic acids is 1. The molecule has 1 atom stereocenters. The van der Waals surface area contributed by atoms with E-state index in [1.165, 1.54) is 0 Å². The molecule has 1 aliphatic rings. The maximum absolute atomic E-state index is 10.4. The van der Waals surface area contributed by atoms with Crippen molar-refractivity contribution in [3.8, 4) is 0 Å². The molecule has 1 fully saturated rings. The molecular weight excluding hydrogens is 178 g/mol. The van der Waals surface area contributed by atoms with Gasteiger partial charge in [-0.05, 0) is 23.9 Å². The lowest BCUT2D eigenvalue weighted by Crippen LogP contribution is -2.34. The minimum absolute atomic E-state index is 0. The van der Waals surface area contributed by atoms with E-state index < -0.39 is 21.7 Å². The average molecular weight is 185 g/mol. The van der Waals surface area contributed by atoms with Crippen molar-refractivity contribution in [1.82, 2.24) is 0 Å². The van der Waals surface area contributed by atoms with Crippen molar-refractivity contribution in [3.05, 3.63) is 0 Å². The zero-order valence-electron chi connectivity index (χ0n) is 5.03. The van der Waals surface area contributed by atoms with Crippen LogP contribution >= 0.6 is 12.4 Å². The molecule has 0 aromatic heterocycles. The number of hydrogen-bond acceptors (Lipinski definition) is 3. The average Bonchev–Trinajstić information content (AvgIpc) is 2.40. The van der Waals surface area contributed by atoms with Crippen LogP contribution in [0.5, 0.6) is 0 Å². The minimum atomic E-state index is -2.32. The fourth-order valence-electron chi connectivity index (χ4n) is 0.609. The van der Waals surface area contributed by atoms with Gasteiger partial charge in [0.2, 0.25) is 5.91 Å². The Morgan fingerprint density at radius 1 is 1.60 bits per heavy atom. The molecule has 4 nitrogen and oxygen atoms in total. The molecule has 0 aromatic rings. The molecule has 1 saturated carbocycles. The first kappa shape index (κ1) is 9.87. The van der Waals surface area contributed by atoms with Crippen LogP contribution in [0.25, 0.3) is 0 Å². The third-order valence-corrected chi connectivity index (χ3v) is 2.72. The Labute approximate surface area is 66.9 Å². The Morgan fingerprint density at radius 3 is 2.00 bits per heavy atom. The Bertz CT molecular complexity index is 163. The van der Waals surface area contributed by atoms with E-state index in [0.717, 1.165) is 0 Å². The molecular formula is C4H7ClNO3S-. The van der Waals surface area contributed by atoms with Gasteiger partial charge in [-0.15, -0.1) is 12.4 Å². The fourth-order valence-corrected chi connectivity index (χ4v) is 1.21. The van der Waals surface area contributed by atoms with Crippen LogP contribution in [0.2, 0.25) is 0 Å². The first-order valence-corrected chi connectivity index (χ1v) is 3.56. The second-order valence-corrected chi connectivity index (χ2v) is 3.34. The van der Waals surface area contributed by atoms with Gasteiger partial charge in [-0.25, -0.2) is 0 Å². The maximum Gasteiger partial charge on any atom is 0.235 e. The minimum Gasteiger partial charge on any atom is -0.772 e. The van der Waals surface area contributed by atoms with E-state index >= 15 is 0 Å². The molecule has 60 valence electrons. The van der Waals surface area contributed by atoms with Crippen LogP contribution in [0.4, 0.5) is 0 Å². The summed E-state index contributed by atoms with van der Waals surface area (Å²) in [5, 5.41) is 0. The molecule has 1 amide bonds. The van der Waals surface area contributed by atoms with Gasteiger partial charge in [-0.1, -0.05) is 0 Å². The van der Waals surface area contributed by atoms with E-state index in [1.54, 1.807) is 0 Å². The highest BCUT2D eigenvalue weighted by atomic mass is 35.5.